The van der Waals surface area contributed by atoms with Gasteiger partial charge in [-0.25, -0.2) is 4.98 Å². The fourth-order valence-corrected chi connectivity index (χ4v) is 2.16. The van der Waals surface area contributed by atoms with Crippen LogP contribution < -0.4 is 11.5 Å². The van der Waals surface area contributed by atoms with Gasteiger partial charge in [0.15, 0.2) is 24.0 Å². The molecule has 2 aromatic rings. The van der Waals surface area contributed by atoms with Crippen molar-refractivity contribution in [3.63, 3.8) is 0 Å². The molecule has 2 aromatic heterocycles. The lowest BCUT2D eigenvalue weighted by atomic mass is 10.2. The van der Waals surface area contributed by atoms with E-state index in [1.54, 1.807) is 18.4 Å². The first-order chi connectivity index (χ1) is 11.0. The summed E-state index contributed by atoms with van der Waals surface area (Å²) in [6, 6.07) is 0. The first-order valence-electron chi connectivity index (χ1n) is 7.15. The summed E-state index contributed by atoms with van der Waals surface area (Å²) >= 11 is 0. The highest BCUT2D eigenvalue weighted by Gasteiger charge is 2.30. The molecule has 10 nitrogen and oxygen atoms in total. The van der Waals surface area contributed by atoms with Crippen LogP contribution in [0.3, 0.4) is 0 Å². The first kappa shape index (κ1) is 15.4. The van der Waals surface area contributed by atoms with Crippen molar-refractivity contribution in [1.29, 1.82) is 0 Å². The molecule has 23 heavy (non-hydrogen) atoms. The van der Waals surface area contributed by atoms with Crippen LogP contribution in [0.25, 0.3) is 11.2 Å². The minimum Gasteiger partial charge on any atom is -0.460 e. The number of fused-ring (bicyclic) bond motifs is 1. The second-order valence-corrected chi connectivity index (χ2v) is 5.43. The van der Waals surface area contributed by atoms with Crippen LogP contribution in [0.4, 0.5) is 11.8 Å². The zero-order chi connectivity index (χ0) is 16.6. The van der Waals surface area contributed by atoms with Gasteiger partial charge in [0.05, 0.1) is 18.9 Å². The number of aromatic nitrogens is 4. The zero-order valence-electron chi connectivity index (χ0n) is 12.8. The molecule has 3 heterocycles. The third kappa shape index (κ3) is 3.03. The summed E-state index contributed by atoms with van der Waals surface area (Å²) < 4.78 is 17.9. The average Bonchev–Trinajstić information content (AvgIpc) is 3.10. The third-order valence-electron chi connectivity index (χ3n) is 3.34. The molecule has 0 unspecified atom stereocenters. The number of carbonyl (C=O) groups excluding carboxylic acids is 1. The van der Waals surface area contributed by atoms with E-state index >= 15 is 0 Å². The van der Waals surface area contributed by atoms with Gasteiger partial charge >= 0.3 is 5.97 Å². The Labute approximate surface area is 131 Å². The molecule has 0 saturated carbocycles. The average molecular weight is 322 g/mol. The van der Waals surface area contributed by atoms with E-state index in [0.29, 0.717) is 11.2 Å². The highest BCUT2D eigenvalue weighted by Crippen LogP contribution is 2.26. The molecule has 1 saturated heterocycles. The summed E-state index contributed by atoms with van der Waals surface area (Å²) in [6.45, 7) is 3.81. The van der Waals surface area contributed by atoms with Crippen LogP contribution in [-0.2, 0) is 19.0 Å². The van der Waals surface area contributed by atoms with Crippen LogP contribution in [0.1, 0.15) is 20.1 Å². The molecular weight excluding hydrogens is 304 g/mol. The van der Waals surface area contributed by atoms with Crippen LogP contribution in [0.5, 0.6) is 0 Å². The predicted octanol–water partition coefficient (Wildman–Crippen LogP) is 0.0614. The van der Waals surface area contributed by atoms with E-state index < -0.39 is 12.5 Å². The second-order valence-electron chi connectivity index (χ2n) is 5.43. The topological polar surface area (TPSA) is 140 Å². The van der Waals surface area contributed by atoms with Crippen molar-refractivity contribution >= 4 is 28.9 Å². The lowest BCUT2D eigenvalue weighted by Crippen LogP contribution is -2.22. The molecule has 0 radical (unpaired) electrons. The quantitative estimate of drug-likeness (QED) is 0.747. The van der Waals surface area contributed by atoms with Crippen LogP contribution in [0.2, 0.25) is 0 Å². The van der Waals surface area contributed by atoms with E-state index in [0.717, 1.165) is 0 Å². The smallest absolute Gasteiger partial charge is 0.308 e. The minimum absolute atomic E-state index is 0.0272. The van der Waals surface area contributed by atoms with Crippen LogP contribution in [-0.4, -0.2) is 45.0 Å². The molecule has 3 rings (SSSR count). The van der Waals surface area contributed by atoms with Crippen molar-refractivity contribution in [3.05, 3.63) is 6.33 Å². The summed E-state index contributed by atoms with van der Waals surface area (Å²) in [5, 5.41) is 0. The van der Waals surface area contributed by atoms with Gasteiger partial charge < -0.3 is 25.7 Å². The molecule has 0 amide bonds. The number of ether oxygens (including phenoxy) is 3. The zero-order valence-corrected chi connectivity index (χ0v) is 12.8. The monoisotopic (exact) mass is 322 g/mol. The van der Waals surface area contributed by atoms with E-state index in [1.807, 2.05) is 0 Å². The van der Waals surface area contributed by atoms with Crippen LogP contribution >= 0.6 is 0 Å². The molecular formula is C13H18N6O4. The number of hydrogen-bond acceptors (Lipinski definition) is 9. The lowest BCUT2D eigenvalue weighted by molar-refractivity contribution is -0.162. The summed E-state index contributed by atoms with van der Waals surface area (Å²) in [4.78, 5) is 23.6. The number of anilines is 2. The van der Waals surface area contributed by atoms with Gasteiger partial charge in [-0.15, -0.1) is 0 Å². The number of imidazole rings is 1. The predicted molar refractivity (Wildman–Crippen MR) is 79.8 cm³/mol. The van der Waals surface area contributed by atoms with E-state index in [-0.39, 0.29) is 36.9 Å². The maximum atomic E-state index is 11.5. The Hall–Kier alpha value is -2.46. The van der Waals surface area contributed by atoms with Crippen molar-refractivity contribution in [2.45, 2.75) is 26.4 Å². The van der Waals surface area contributed by atoms with Gasteiger partial charge in [-0.05, 0) is 0 Å². The van der Waals surface area contributed by atoms with Gasteiger partial charge in [-0.1, -0.05) is 13.8 Å². The van der Waals surface area contributed by atoms with Gasteiger partial charge in [0, 0.05) is 0 Å². The number of esters is 1. The van der Waals surface area contributed by atoms with E-state index in [1.165, 1.54) is 6.33 Å². The Morgan fingerprint density at radius 1 is 1.48 bits per heavy atom. The molecule has 124 valence electrons. The van der Waals surface area contributed by atoms with Crippen LogP contribution in [0.15, 0.2) is 6.33 Å². The first-order valence-corrected chi connectivity index (χ1v) is 7.15. The lowest BCUT2D eigenvalue weighted by Gasteiger charge is -2.14. The second kappa shape index (κ2) is 5.97. The Bertz CT molecular complexity index is 731. The van der Waals surface area contributed by atoms with Crippen molar-refractivity contribution < 1.29 is 19.0 Å². The largest absolute Gasteiger partial charge is 0.460 e. The molecule has 0 spiro atoms. The standard InChI is InChI=1S/C13H18N6O4/c1-6(2)12(20)22-4-8-21-3-7(23-8)19-5-16-9-10(14)17-13(15)18-11(9)19/h5-8H,3-4H2,1-2H3,(H4,14,15,17,18)/t7-,8+/m0/s1. The highest BCUT2D eigenvalue weighted by molar-refractivity contribution is 5.82. The Kier molecular flexibility index (Phi) is 4.01. The fourth-order valence-electron chi connectivity index (χ4n) is 2.16. The minimum atomic E-state index is -0.642. The molecule has 1 aliphatic heterocycles. The summed E-state index contributed by atoms with van der Waals surface area (Å²) in [7, 11) is 0. The van der Waals surface area contributed by atoms with Crippen molar-refractivity contribution in [1.82, 2.24) is 19.5 Å². The molecule has 10 heteroatoms. The summed E-state index contributed by atoms with van der Waals surface area (Å²) in [5.41, 5.74) is 12.3. The summed E-state index contributed by atoms with van der Waals surface area (Å²) in [5.74, 6) is -0.250. The van der Waals surface area contributed by atoms with Gasteiger partial charge in [0.2, 0.25) is 5.95 Å². The van der Waals surface area contributed by atoms with E-state index in [9.17, 15) is 4.79 Å². The van der Waals surface area contributed by atoms with Gasteiger partial charge in [0.25, 0.3) is 0 Å². The molecule has 1 fully saturated rings. The number of nitrogens with two attached hydrogens (primary N) is 2. The number of nitrogen functional groups attached to an aromatic ring is 2. The van der Waals surface area contributed by atoms with E-state index in [2.05, 4.69) is 15.0 Å². The number of nitrogens with zero attached hydrogens (tertiary/aromatic N) is 4. The van der Waals surface area contributed by atoms with Gasteiger partial charge in [-0.2, -0.15) is 9.97 Å². The van der Waals surface area contributed by atoms with Crippen molar-refractivity contribution in [2.24, 2.45) is 5.92 Å². The molecule has 0 bridgehead atoms. The normalized spacial score (nSPS) is 21.2. The number of rotatable bonds is 4. The van der Waals surface area contributed by atoms with Gasteiger partial charge in [-0.3, -0.25) is 9.36 Å². The fraction of sp³-hybridized carbons (Fsp3) is 0.538. The van der Waals surface area contributed by atoms with Crippen molar-refractivity contribution in [3.8, 4) is 0 Å². The number of hydrogen-bond donors (Lipinski definition) is 2. The van der Waals surface area contributed by atoms with Crippen molar-refractivity contribution in [2.75, 3.05) is 24.7 Å². The maximum Gasteiger partial charge on any atom is 0.308 e. The molecule has 0 aliphatic carbocycles. The Balaban J connectivity index is 1.71. The van der Waals surface area contributed by atoms with E-state index in [4.69, 9.17) is 25.7 Å². The molecule has 2 atom stereocenters. The van der Waals surface area contributed by atoms with Crippen LogP contribution in [0, 0.1) is 5.92 Å². The molecule has 0 aromatic carbocycles. The maximum absolute atomic E-state index is 11.5. The number of carbonyl (C=O) groups is 1. The SMILES string of the molecule is CC(C)C(=O)OC[C@@H]1OC[C@@H](n2cnc3c(N)nc(N)nc32)O1. The Morgan fingerprint density at radius 2 is 2.26 bits per heavy atom. The van der Waals surface area contributed by atoms with Gasteiger partial charge in [0.1, 0.15) is 12.1 Å². The highest BCUT2D eigenvalue weighted by atomic mass is 16.7. The third-order valence-corrected chi connectivity index (χ3v) is 3.34. The summed E-state index contributed by atoms with van der Waals surface area (Å²) in [6.07, 6.45) is 0.430. The molecule has 4 N–H and O–H groups in total. The Morgan fingerprint density at radius 3 is 3.00 bits per heavy atom. The molecule has 1 aliphatic rings.